The van der Waals surface area contributed by atoms with Crippen molar-refractivity contribution in [1.29, 1.82) is 0 Å². The Kier molecular flexibility index (Phi) is 14.1. The van der Waals surface area contributed by atoms with Crippen molar-refractivity contribution in [3.05, 3.63) is 140 Å². The van der Waals surface area contributed by atoms with Crippen LogP contribution in [0.1, 0.15) is 113 Å². The first kappa shape index (κ1) is 56.8. The van der Waals surface area contributed by atoms with Crippen LogP contribution in [0.2, 0.25) is 0 Å². The average Bonchev–Trinajstić information content (AvgIpc) is 1.73. The van der Waals surface area contributed by atoms with E-state index in [2.05, 4.69) is 59.1 Å². The average molecular weight is 1180 g/mol. The fourth-order valence-corrected chi connectivity index (χ4v) is 13.2. The van der Waals surface area contributed by atoms with E-state index in [-0.39, 0.29) is 48.1 Å². The van der Waals surface area contributed by atoms with Crippen LogP contribution in [-0.4, -0.2) is 118 Å². The molecule has 0 aliphatic carbocycles. The second kappa shape index (κ2) is 21.6. The molecule has 2 fully saturated rings. The molecule has 4 aliphatic heterocycles. The Labute approximate surface area is 500 Å². The van der Waals surface area contributed by atoms with E-state index in [0.717, 1.165) is 86.8 Å². The van der Waals surface area contributed by atoms with E-state index >= 15 is 8.78 Å². The molecule has 0 unspecified atom stereocenters. The fourth-order valence-electron chi connectivity index (χ4n) is 13.2. The number of aryl methyl sites for hydroxylation is 4. The van der Waals surface area contributed by atoms with E-state index in [0.29, 0.717) is 75.6 Å². The van der Waals surface area contributed by atoms with Gasteiger partial charge in [-0.1, -0.05) is 39.8 Å². The van der Waals surface area contributed by atoms with Gasteiger partial charge in [0.15, 0.2) is 23.1 Å². The van der Waals surface area contributed by atoms with Crippen LogP contribution in [0.5, 0.6) is 11.5 Å². The molecular weight excluding hydrogens is 1110 g/mol. The second-order valence-corrected chi connectivity index (χ2v) is 25.0. The zero-order valence-corrected chi connectivity index (χ0v) is 50.7. The lowest BCUT2D eigenvalue weighted by Crippen LogP contribution is -2.57. The van der Waals surface area contributed by atoms with Gasteiger partial charge in [-0.3, -0.25) is 29.3 Å². The molecule has 4 aliphatic rings. The van der Waals surface area contributed by atoms with Gasteiger partial charge in [-0.15, -0.1) is 0 Å². The minimum atomic E-state index is -0.655. The van der Waals surface area contributed by atoms with Crippen molar-refractivity contribution in [1.82, 2.24) is 54.4 Å². The largest absolute Gasteiger partial charge is 0.487 e. The number of pyridine rings is 2. The van der Waals surface area contributed by atoms with Crippen molar-refractivity contribution < 1.29 is 27.8 Å². The number of hydrogen-bond acceptors (Lipinski definition) is 14. The molecule has 1 amide bonds. The Balaban J connectivity index is 0.000000163. The van der Waals surface area contributed by atoms with Crippen molar-refractivity contribution in [2.75, 3.05) is 49.2 Å². The Morgan fingerprint density at radius 1 is 0.644 bits per heavy atom. The molecule has 4 aromatic carbocycles. The van der Waals surface area contributed by atoms with Crippen LogP contribution >= 0.6 is 0 Å². The highest BCUT2D eigenvalue weighted by atomic mass is 19.1. The molecule has 0 radical (unpaired) electrons. The van der Waals surface area contributed by atoms with E-state index in [1.807, 2.05) is 104 Å². The number of benzene rings is 4. The van der Waals surface area contributed by atoms with Crippen LogP contribution in [0.15, 0.2) is 82.9 Å². The SMILES string of the molecule is Cc1ccnc(C(C)C)c1-n1c(=O)nc2c3c(c(F)c(-c4c(C)ccc5[nH]ncc45)cc31)OC[C@H]1CCCCN21.Cc1ccnc(C(C)C)c1-n1c(=O)nc2c3c(c(F)c(-c4c(C)ccc5[nH]ncc45)cc31)OC[C@H]1CN(C(=O)OC(C)(C)C)CCN21. The number of anilines is 2. The van der Waals surface area contributed by atoms with Gasteiger partial charge in [0.25, 0.3) is 0 Å². The van der Waals surface area contributed by atoms with E-state index in [9.17, 15) is 14.4 Å². The van der Waals surface area contributed by atoms with E-state index in [4.69, 9.17) is 14.2 Å². The van der Waals surface area contributed by atoms with Crippen molar-refractivity contribution >= 4 is 61.3 Å². The highest BCUT2D eigenvalue weighted by Gasteiger charge is 2.40. The summed E-state index contributed by atoms with van der Waals surface area (Å²) in [4.78, 5) is 65.8. The number of nitrogens with zero attached hydrogens (tertiary/aromatic N) is 11. The highest BCUT2D eigenvalue weighted by Crippen LogP contribution is 2.48. The van der Waals surface area contributed by atoms with Crippen LogP contribution in [0.4, 0.5) is 25.2 Å². The Morgan fingerprint density at radius 2 is 1.13 bits per heavy atom. The Hall–Kier alpha value is -9.27. The normalized spacial score (nSPS) is 16.6. The summed E-state index contributed by atoms with van der Waals surface area (Å²) in [5, 5.41) is 16.9. The lowest BCUT2D eigenvalue weighted by atomic mass is 9.94. The third kappa shape index (κ3) is 9.56. The number of rotatable bonds is 6. The van der Waals surface area contributed by atoms with Crippen molar-refractivity contribution in [2.45, 2.75) is 125 Å². The highest BCUT2D eigenvalue weighted by molar-refractivity contribution is 6.05. The molecule has 0 bridgehead atoms. The summed E-state index contributed by atoms with van der Waals surface area (Å²) in [7, 11) is 0. The van der Waals surface area contributed by atoms with E-state index < -0.39 is 40.8 Å². The van der Waals surface area contributed by atoms with Crippen molar-refractivity contribution in [3.63, 3.8) is 0 Å². The van der Waals surface area contributed by atoms with Gasteiger partial charge in [-0.2, -0.15) is 20.2 Å². The van der Waals surface area contributed by atoms with Gasteiger partial charge in [0.2, 0.25) is 0 Å². The number of aromatic nitrogens is 10. The summed E-state index contributed by atoms with van der Waals surface area (Å²) in [5.74, 6) is 0.0259. The summed E-state index contributed by atoms with van der Waals surface area (Å²) in [5.41, 5.74) is 9.30. The van der Waals surface area contributed by atoms with E-state index in [1.165, 1.54) is 0 Å². The minimum absolute atomic E-state index is 0.00918. The number of carbonyl (C=O) groups excluding carboxylic acids is 1. The number of aromatic amines is 2. The maximum Gasteiger partial charge on any atom is 0.410 e. The first-order valence-corrected chi connectivity index (χ1v) is 29.8. The molecule has 21 heteroatoms. The van der Waals surface area contributed by atoms with Crippen LogP contribution in [0.25, 0.3) is 77.2 Å². The molecule has 2 saturated heterocycles. The fraction of sp³-hybridized carbons (Fsp3) is 0.379. The molecule has 0 saturated carbocycles. The molecule has 2 atom stereocenters. The summed E-state index contributed by atoms with van der Waals surface area (Å²) in [6.45, 7) is 23.5. The molecule has 6 aromatic heterocycles. The zero-order valence-electron chi connectivity index (χ0n) is 50.7. The van der Waals surface area contributed by atoms with E-state index in [1.54, 1.807) is 51.0 Å². The molecule has 2 N–H and O–H groups in total. The summed E-state index contributed by atoms with van der Waals surface area (Å²) >= 11 is 0. The van der Waals surface area contributed by atoms with Gasteiger partial charge in [-0.25, -0.2) is 23.2 Å². The number of amides is 1. The lowest BCUT2D eigenvalue weighted by Gasteiger charge is -2.41. The van der Waals surface area contributed by atoms with Crippen LogP contribution in [-0.2, 0) is 4.74 Å². The number of halogens is 2. The molecule has 10 heterocycles. The number of ether oxygens (including phenoxy) is 3. The maximum absolute atomic E-state index is 17.1. The van der Waals surface area contributed by atoms with Crippen LogP contribution < -0.4 is 30.7 Å². The van der Waals surface area contributed by atoms with Gasteiger partial charge < -0.3 is 28.9 Å². The van der Waals surface area contributed by atoms with Crippen LogP contribution in [0, 0.1) is 39.3 Å². The second-order valence-electron chi connectivity index (χ2n) is 25.0. The quantitative estimate of drug-likeness (QED) is 0.159. The predicted octanol–water partition coefficient (Wildman–Crippen LogP) is 12.0. The van der Waals surface area contributed by atoms with Crippen molar-refractivity contribution in [3.8, 4) is 45.1 Å². The van der Waals surface area contributed by atoms with Gasteiger partial charge in [0, 0.05) is 60.5 Å². The molecule has 0 spiro atoms. The molecule has 14 rings (SSSR count). The van der Waals surface area contributed by atoms with Crippen LogP contribution in [0.3, 0.4) is 0 Å². The summed E-state index contributed by atoms with van der Waals surface area (Å²) in [6, 6.07) is 14.6. The number of piperazine rings is 1. The summed E-state index contributed by atoms with van der Waals surface area (Å²) < 4.78 is 55.4. The number of H-pyrrole nitrogens is 2. The molecular formula is C66H69F2N13O6. The van der Waals surface area contributed by atoms with Crippen molar-refractivity contribution in [2.24, 2.45) is 0 Å². The first-order chi connectivity index (χ1) is 41.7. The molecule has 87 heavy (non-hydrogen) atoms. The minimum Gasteiger partial charge on any atom is -0.487 e. The topological polar surface area (TPSA) is 207 Å². The smallest absolute Gasteiger partial charge is 0.410 e. The van der Waals surface area contributed by atoms with Gasteiger partial charge in [-0.05, 0) is 149 Å². The predicted molar refractivity (Wildman–Crippen MR) is 332 cm³/mol. The number of piperidine rings is 1. The van der Waals surface area contributed by atoms with Gasteiger partial charge in [0.1, 0.15) is 30.5 Å². The third-order valence-electron chi connectivity index (χ3n) is 17.3. The third-order valence-corrected chi connectivity index (χ3v) is 17.3. The number of carbonyl (C=O) groups is 1. The zero-order chi connectivity index (χ0) is 61.1. The summed E-state index contributed by atoms with van der Waals surface area (Å²) in [6.07, 6.45) is 9.40. The Bertz CT molecular complexity index is 4580. The monoisotopic (exact) mass is 1180 g/mol. The standard InChI is InChI=1S/C35H38FN7O4.C31H31FN6O2/c1-18(2)29-30(20(4)10-11-37-29)43-25-14-22(26-19(3)8-9-24-23(26)15-38-40-24)28(36)31-27(25)32(39-33(43)44)42-13-12-41(16-21(42)17-46-31)34(45)47-35(5,6)7;1-16(2)27-28(18(4)10-11-33-27)38-23-13-20(24-17(3)8-9-22-21(24)14-34-36-22)26(32)29-25(23)30(35-31(38)39)37-12-6-5-7-19(37)15-40-29/h8-11,14-15,18,21H,12-13,16-17H2,1-7H3,(H,38,40);8-11,13-14,16,19H,5-7,12,15H2,1-4H3,(H,34,36)/t21-;19-/m11/s1. The number of nitrogens with one attached hydrogen (secondary N) is 2. The van der Waals surface area contributed by atoms with Gasteiger partial charge in [0.05, 0.1) is 80.1 Å². The molecule has 448 valence electrons. The first-order valence-electron chi connectivity index (χ1n) is 29.8. The van der Waals surface area contributed by atoms with Gasteiger partial charge >= 0.3 is 17.5 Å². The number of fused-ring (bicyclic) bond motifs is 6. The maximum atomic E-state index is 17.1. The molecule has 19 nitrogen and oxygen atoms in total. The lowest BCUT2D eigenvalue weighted by molar-refractivity contribution is 0.0201. The Morgan fingerprint density at radius 3 is 1.61 bits per heavy atom. The molecule has 10 aromatic rings. The number of hydrogen-bond donors (Lipinski definition) is 2.